The minimum absolute atomic E-state index is 0.138. The summed E-state index contributed by atoms with van der Waals surface area (Å²) < 4.78 is 0. The number of carbonyl (C=O) groups is 3. The van der Waals surface area contributed by atoms with Gasteiger partial charge in [-0.1, -0.05) is 67.4 Å². The molecule has 1 aliphatic rings. The SMILES string of the molecule is O=C(O)CC1(C(=O)NC(Cc2ccc(-c3ccccc3)cc2)C(=O)O)CCCC1. The lowest BCUT2D eigenvalue weighted by atomic mass is 9.81. The van der Waals surface area contributed by atoms with Crippen LogP contribution in [0, 0.1) is 5.41 Å². The summed E-state index contributed by atoms with van der Waals surface area (Å²) in [5.74, 6) is -2.63. The van der Waals surface area contributed by atoms with Crippen LogP contribution in [0.5, 0.6) is 0 Å². The van der Waals surface area contributed by atoms with E-state index in [4.69, 9.17) is 0 Å². The van der Waals surface area contributed by atoms with Crippen LogP contribution in [-0.2, 0) is 20.8 Å². The van der Waals surface area contributed by atoms with E-state index in [1.807, 2.05) is 54.6 Å². The number of carbonyl (C=O) groups excluding carboxylic acids is 1. The molecule has 1 unspecified atom stereocenters. The molecule has 0 spiro atoms. The Morgan fingerprint density at radius 2 is 1.48 bits per heavy atom. The molecule has 6 heteroatoms. The van der Waals surface area contributed by atoms with E-state index >= 15 is 0 Å². The average molecular weight is 395 g/mol. The van der Waals surface area contributed by atoms with E-state index in [0.717, 1.165) is 29.5 Å². The van der Waals surface area contributed by atoms with Gasteiger partial charge in [0, 0.05) is 6.42 Å². The van der Waals surface area contributed by atoms with Crippen LogP contribution in [-0.4, -0.2) is 34.1 Å². The van der Waals surface area contributed by atoms with Crippen LogP contribution in [0.2, 0.25) is 0 Å². The fourth-order valence-corrected chi connectivity index (χ4v) is 4.04. The molecule has 0 radical (unpaired) electrons. The molecular weight excluding hydrogens is 370 g/mol. The molecular formula is C23H25NO5. The molecule has 0 heterocycles. The molecule has 1 aliphatic carbocycles. The Bertz CT molecular complexity index is 870. The van der Waals surface area contributed by atoms with E-state index in [9.17, 15) is 24.6 Å². The number of aliphatic carboxylic acids is 2. The first-order chi connectivity index (χ1) is 13.9. The zero-order chi connectivity index (χ0) is 20.9. The maximum Gasteiger partial charge on any atom is 0.326 e. The lowest BCUT2D eigenvalue weighted by Crippen LogP contribution is -2.49. The van der Waals surface area contributed by atoms with Gasteiger partial charge in [-0.2, -0.15) is 0 Å². The number of benzene rings is 2. The predicted molar refractivity (Wildman–Crippen MR) is 108 cm³/mol. The number of amides is 1. The summed E-state index contributed by atoms with van der Waals surface area (Å²) in [6.07, 6.45) is 2.38. The van der Waals surface area contributed by atoms with Gasteiger partial charge >= 0.3 is 11.9 Å². The average Bonchev–Trinajstić information content (AvgIpc) is 3.17. The van der Waals surface area contributed by atoms with Crippen molar-refractivity contribution in [3.8, 4) is 11.1 Å². The number of nitrogens with one attached hydrogen (secondary N) is 1. The Morgan fingerprint density at radius 3 is 2.03 bits per heavy atom. The molecule has 0 bridgehead atoms. The monoisotopic (exact) mass is 395 g/mol. The maximum absolute atomic E-state index is 12.8. The highest BCUT2D eigenvalue weighted by molar-refractivity contribution is 5.90. The fourth-order valence-electron chi connectivity index (χ4n) is 4.04. The van der Waals surface area contributed by atoms with Crippen molar-refractivity contribution in [3.05, 3.63) is 60.2 Å². The summed E-state index contributed by atoms with van der Waals surface area (Å²) in [5, 5.41) is 21.4. The van der Waals surface area contributed by atoms with Crippen molar-refractivity contribution in [2.45, 2.75) is 44.6 Å². The van der Waals surface area contributed by atoms with Crippen LogP contribution in [0.3, 0.4) is 0 Å². The van der Waals surface area contributed by atoms with Crippen molar-refractivity contribution in [1.82, 2.24) is 5.32 Å². The number of carboxylic acid groups (broad SMARTS) is 2. The van der Waals surface area contributed by atoms with Crippen molar-refractivity contribution >= 4 is 17.8 Å². The second-order valence-corrected chi connectivity index (χ2v) is 7.69. The summed E-state index contributed by atoms with van der Waals surface area (Å²) in [6, 6.07) is 16.3. The van der Waals surface area contributed by atoms with Crippen LogP contribution in [0.15, 0.2) is 54.6 Å². The molecule has 0 saturated heterocycles. The van der Waals surface area contributed by atoms with Gasteiger partial charge in [0.05, 0.1) is 11.8 Å². The van der Waals surface area contributed by atoms with Crippen LogP contribution in [0.25, 0.3) is 11.1 Å². The minimum atomic E-state index is -1.13. The van der Waals surface area contributed by atoms with E-state index in [1.54, 1.807) is 0 Å². The Balaban J connectivity index is 1.71. The molecule has 0 aliphatic heterocycles. The third-order valence-corrected chi connectivity index (χ3v) is 5.64. The Hall–Kier alpha value is -3.15. The number of carboxylic acids is 2. The predicted octanol–water partition coefficient (Wildman–Crippen LogP) is 3.50. The standard InChI is InChI=1S/C23H25NO5/c25-20(26)15-23(12-4-5-13-23)22(29)24-19(21(27)28)14-16-8-10-18(11-9-16)17-6-2-1-3-7-17/h1-3,6-11,19H,4-5,12-15H2,(H,24,29)(H,25,26)(H,27,28). The molecule has 6 nitrogen and oxygen atoms in total. The molecule has 2 aromatic rings. The van der Waals surface area contributed by atoms with Crippen LogP contribution >= 0.6 is 0 Å². The number of hydrogen-bond acceptors (Lipinski definition) is 3. The van der Waals surface area contributed by atoms with Gasteiger partial charge in [-0.3, -0.25) is 9.59 Å². The lowest BCUT2D eigenvalue weighted by molar-refractivity contribution is -0.147. The Labute approximate surface area is 169 Å². The van der Waals surface area contributed by atoms with Gasteiger partial charge in [-0.25, -0.2) is 4.79 Å². The third-order valence-electron chi connectivity index (χ3n) is 5.64. The summed E-state index contributed by atoms with van der Waals surface area (Å²) in [5.41, 5.74) is 1.88. The fraction of sp³-hybridized carbons (Fsp3) is 0.348. The quantitative estimate of drug-likeness (QED) is 0.635. The van der Waals surface area contributed by atoms with Crippen LogP contribution < -0.4 is 5.32 Å². The summed E-state index contributed by atoms with van der Waals surface area (Å²) in [6.45, 7) is 0. The number of rotatable bonds is 8. The van der Waals surface area contributed by atoms with Gasteiger partial charge in [0.25, 0.3) is 0 Å². The van der Waals surface area contributed by atoms with Gasteiger partial charge in [-0.05, 0) is 29.5 Å². The molecule has 3 N–H and O–H groups in total. The van der Waals surface area contributed by atoms with Gasteiger partial charge in [-0.15, -0.1) is 0 Å². The van der Waals surface area contributed by atoms with Crippen molar-refractivity contribution in [3.63, 3.8) is 0 Å². The van der Waals surface area contributed by atoms with E-state index in [0.29, 0.717) is 12.8 Å². The van der Waals surface area contributed by atoms with Crippen molar-refractivity contribution in [2.24, 2.45) is 5.41 Å². The highest BCUT2D eigenvalue weighted by atomic mass is 16.4. The van der Waals surface area contributed by atoms with Crippen molar-refractivity contribution in [1.29, 1.82) is 0 Å². The second-order valence-electron chi connectivity index (χ2n) is 7.69. The largest absolute Gasteiger partial charge is 0.481 e. The van der Waals surface area contributed by atoms with E-state index in [-0.39, 0.29) is 12.8 Å². The topological polar surface area (TPSA) is 104 Å². The number of hydrogen-bond donors (Lipinski definition) is 3. The smallest absolute Gasteiger partial charge is 0.326 e. The van der Waals surface area contributed by atoms with Crippen molar-refractivity contribution < 1.29 is 24.6 Å². The van der Waals surface area contributed by atoms with Gasteiger partial charge < -0.3 is 15.5 Å². The summed E-state index contributed by atoms with van der Waals surface area (Å²) >= 11 is 0. The molecule has 152 valence electrons. The zero-order valence-electron chi connectivity index (χ0n) is 16.1. The highest BCUT2D eigenvalue weighted by Crippen LogP contribution is 2.41. The molecule has 29 heavy (non-hydrogen) atoms. The molecule has 2 aromatic carbocycles. The molecule has 1 fully saturated rings. The maximum atomic E-state index is 12.8. The van der Waals surface area contributed by atoms with Gasteiger partial charge in [0.2, 0.25) is 5.91 Å². The molecule has 1 amide bonds. The highest BCUT2D eigenvalue weighted by Gasteiger charge is 2.44. The lowest BCUT2D eigenvalue weighted by Gasteiger charge is -2.28. The molecule has 0 aromatic heterocycles. The summed E-state index contributed by atoms with van der Waals surface area (Å²) in [7, 11) is 0. The van der Waals surface area contributed by atoms with Crippen molar-refractivity contribution in [2.75, 3.05) is 0 Å². The van der Waals surface area contributed by atoms with Gasteiger partial charge in [0.1, 0.15) is 6.04 Å². The second kappa shape index (κ2) is 8.90. The molecule has 1 atom stereocenters. The Kier molecular flexibility index (Phi) is 6.32. The first-order valence-corrected chi connectivity index (χ1v) is 9.80. The van der Waals surface area contributed by atoms with Crippen LogP contribution in [0.1, 0.15) is 37.7 Å². The zero-order valence-corrected chi connectivity index (χ0v) is 16.1. The van der Waals surface area contributed by atoms with Gasteiger partial charge in [0.15, 0.2) is 0 Å². The first-order valence-electron chi connectivity index (χ1n) is 9.80. The van der Waals surface area contributed by atoms with E-state index in [1.165, 1.54) is 0 Å². The van der Waals surface area contributed by atoms with E-state index < -0.39 is 29.3 Å². The van der Waals surface area contributed by atoms with Crippen LogP contribution in [0.4, 0.5) is 0 Å². The minimum Gasteiger partial charge on any atom is -0.481 e. The normalized spacial score (nSPS) is 16.1. The molecule has 1 saturated carbocycles. The first kappa shape index (κ1) is 20.6. The molecule has 3 rings (SSSR count). The summed E-state index contributed by atoms with van der Waals surface area (Å²) in [4.78, 5) is 35.8. The van der Waals surface area contributed by atoms with E-state index in [2.05, 4.69) is 5.32 Å². The Morgan fingerprint density at radius 1 is 0.897 bits per heavy atom. The third kappa shape index (κ3) is 5.02.